The van der Waals surface area contributed by atoms with Gasteiger partial charge in [0.05, 0.1) is 0 Å². The Labute approximate surface area is 79.4 Å². The van der Waals surface area contributed by atoms with Crippen molar-refractivity contribution in [1.82, 2.24) is 10.3 Å². The lowest BCUT2D eigenvalue weighted by Crippen LogP contribution is -2.16. The molecule has 1 saturated heterocycles. The Hall–Kier alpha value is -0.890. The van der Waals surface area contributed by atoms with Gasteiger partial charge in [0.25, 0.3) is 0 Å². The molecular formula is C11H16N2. The molecule has 0 unspecified atom stereocenters. The van der Waals surface area contributed by atoms with Crippen LogP contribution in [0.3, 0.4) is 0 Å². The van der Waals surface area contributed by atoms with Gasteiger partial charge in [-0.1, -0.05) is 19.9 Å². The van der Waals surface area contributed by atoms with Crippen molar-refractivity contribution in [2.45, 2.75) is 26.3 Å². The number of hydrogen-bond donors (Lipinski definition) is 1. The third kappa shape index (κ3) is 1.89. The molecule has 0 spiro atoms. The van der Waals surface area contributed by atoms with Gasteiger partial charge in [0.1, 0.15) is 0 Å². The highest BCUT2D eigenvalue weighted by atomic mass is 15.0. The van der Waals surface area contributed by atoms with E-state index < -0.39 is 0 Å². The lowest BCUT2D eigenvalue weighted by Gasteiger charge is -2.15. The number of hydrogen-bond acceptors (Lipinski definition) is 2. The molecule has 0 amide bonds. The molecule has 1 aromatic rings. The van der Waals surface area contributed by atoms with E-state index in [2.05, 4.69) is 30.2 Å². The van der Waals surface area contributed by atoms with Gasteiger partial charge in [-0.25, -0.2) is 0 Å². The van der Waals surface area contributed by atoms with Crippen LogP contribution in [-0.2, 0) is 0 Å². The summed E-state index contributed by atoms with van der Waals surface area (Å²) in [7, 11) is 0. The van der Waals surface area contributed by atoms with Gasteiger partial charge >= 0.3 is 0 Å². The van der Waals surface area contributed by atoms with Crippen LogP contribution in [0.15, 0.2) is 24.5 Å². The zero-order valence-corrected chi connectivity index (χ0v) is 8.25. The minimum Gasteiger partial charge on any atom is -0.309 e. The normalized spacial score (nSPS) is 26.2. The number of nitrogens with zero attached hydrogens (tertiary/aromatic N) is 1. The molecule has 0 saturated carbocycles. The second kappa shape index (κ2) is 3.11. The second-order valence-electron chi connectivity index (χ2n) is 4.59. The highest BCUT2D eigenvalue weighted by Crippen LogP contribution is 2.34. The van der Waals surface area contributed by atoms with Gasteiger partial charge in [-0.2, -0.15) is 0 Å². The summed E-state index contributed by atoms with van der Waals surface area (Å²) in [5, 5.41) is 3.52. The van der Waals surface area contributed by atoms with Gasteiger partial charge in [0.15, 0.2) is 0 Å². The molecule has 0 radical (unpaired) electrons. The van der Waals surface area contributed by atoms with E-state index in [1.807, 2.05) is 18.5 Å². The quantitative estimate of drug-likeness (QED) is 0.709. The summed E-state index contributed by atoms with van der Waals surface area (Å²) in [5.41, 5.74) is 1.74. The molecule has 0 bridgehead atoms. The average Bonchev–Trinajstić information content (AvgIpc) is 2.48. The van der Waals surface area contributed by atoms with E-state index in [0.29, 0.717) is 11.5 Å². The van der Waals surface area contributed by atoms with Gasteiger partial charge in [0, 0.05) is 25.0 Å². The number of rotatable bonds is 1. The highest BCUT2D eigenvalue weighted by Gasteiger charge is 2.31. The molecule has 1 N–H and O–H groups in total. The Balaban J connectivity index is 2.13. The summed E-state index contributed by atoms with van der Waals surface area (Å²) in [4.78, 5) is 4.14. The van der Waals surface area contributed by atoms with Crippen molar-refractivity contribution >= 4 is 0 Å². The molecule has 0 aliphatic carbocycles. The average molecular weight is 176 g/mol. The fraction of sp³-hybridized carbons (Fsp3) is 0.545. The van der Waals surface area contributed by atoms with E-state index in [4.69, 9.17) is 0 Å². The molecule has 13 heavy (non-hydrogen) atoms. The smallest absolute Gasteiger partial charge is 0.0341 e. The summed E-state index contributed by atoms with van der Waals surface area (Å²) in [5.74, 6) is 0. The second-order valence-corrected chi connectivity index (χ2v) is 4.59. The Bertz CT molecular complexity index is 279. The summed E-state index contributed by atoms with van der Waals surface area (Å²) in [6.07, 6.45) is 4.99. The van der Waals surface area contributed by atoms with Crippen LogP contribution in [0.1, 0.15) is 31.9 Å². The molecule has 1 atom stereocenters. The molecule has 2 rings (SSSR count). The first-order valence-corrected chi connectivity index (χ1v) is 4.81. The first-order valence-electron chi connectivity index (χ1n) is 4.81. The Morgan fingerprint density at radius 1 is 1.54 bits per heavy atom. The molecule has 2 heterocycles. The third-order valence-corrected chi connectivity index (χ3v) is 2.67. The maximum atomic E-state index is 4.14. The van der Waals surface area contributed by atoms with Crippen molar-refractivity contribution in [1.29, 1.82) is 0 Å². The van der Waals surface area contributed by atoms with Crippen LogP contribution in [0.5, 0.6) is 0 Å². The van der Waals surface area contributed by atoms with Crippen molar-refractivity contribution in [2.75, 3.05) is 6.54 Å². The number of nitrogens with one attached hydrogen (secondary N) is 1. The van der Waals surface area contributed by atoms with Crippen LogP contribution in [0.4, 0.5) is 0 Å². The first-order chi connectivity index (χ1) is 6.17. The molecule has 70 valence electrons. The van der Waals surface area contributed by atoms with E-state index in [-0.39, 0.29) is 0 Å². The molecule has 2 nitrogen and oxygen atoms in total. The standard InChI is InChI=1S/C11H16N2/c1-11(2)6-10(13-8-11)9-4-3-5-12-7-9/h3-5,7,10,13H,6,8H2,1-2H3/t10-/m1/s1. The maximum Gasteiger partial charge on any atom is 0.0341 e. The van der Waals surface area contributed by atoms with E-state index in [1.54, 1.807) is 0 Å². The highest BCUT2D eigenvalue weighted by molar-refractivity contribution is 5.16. The molecule has 1 aliphatic heterocycles. The fourth-order valence-electron chi connectivity index (χ4n) is 1.91. The van der Waals surface area contributed by atoms with Gasteiger partial charge in [0.2, 0.25) is 0 Å². The summed E-state index contributed by atoms with van der Waals surface area (Å²) in [6, 6.07) is 4.65. The summed E-state index contributed by atoms with van der Waals surface area (Å²) >= 11 is 0. The van der Waals surface area contributed by atoms with Crippen LogP contribution in [0.25, 0.3) is 0 Å². The van der Waals surface area contributed by atoms with Crippen LogP contribution >= 0.6 is 0 Å². The maximum absolute atomic E-state index is 4.14. The monoisotopic (exact) mass is 176 g/mol. The molecule has 1 aliphatic rings. The van der Waals surface area contributed by atoms with Gasteiger partial charge in [-0.05, 0) is 23.5 Å². The number of pyridine rings is 1. The topological polar surface area (TPSA) is 24.9 Å². The van der Waals surface area contributed by atoms with E-state index in [1.165, 1.54) is 12.0 Å². The lowest BCUT2D eigenvalue weighted by atomic mass is 9.89. The van der Waals surface area contributed by atoms with Crippen molar-refractivity contribution in [2.24, 2.45) is 5.41 Å². The van der Waals surface area contributed by atoms with Gasteiger partial charge in [-0.3, -0.25) is 4.98 Å². The minimum atomic E-state index is 0.431. The Kier molecular flexibility index (Phi) is 2.08. The molecule has 1 fully saturated rings. The van der Waals surface area contributed by atoms with Crippen LogP contribution in [-0.4, -0.2) is 11.5 Å². The van der Waals surface area contributed by atoms with E-state index in [9.17, 15) is 0 Å². The van der Waals surface area contributed by atoms with Crippen LogP contribution in [0.2, 0.25) is 0 Å². The molecule has 2 heteroatoms. The number of aromatic nitrogens is 1. The SMILES string of the molecule is CC1(C)CN[C@@H](c2cccnc2)C1. The zero-order valence-electron chi connectivity index (χ0n) is 8.25. The van der Waals surface area contributed by atoms with Crippen molar-refractivity contribution in [3.63, 3.8) is 0 Å². The lowest BCUT2D eigenvalue weighted by molar-refractivity contribution is 0.403. The van der Waals surface area contributed by atoms with Crippen LogP contribution in [0, 0.1) is 5.41 Å². The van der Waals surface area contributed by atoms with Gasteiger partial charge < -0.3 is 5.32 Å². The Morgan fingerprint density at radius 2 is 2.38 bits per heavy atom. The van der Waals surface area contributed by atoms with Crippen LogP contribution < -0.4 is 5.32 Å². The zero-order chi connectivity index (χ0) is 9.31. The third-order valence-electron chi connectivity index (χ3n) is 2.67. The summed E-state index contributed by atoms with van der Waals surface area (Å²) < 4.78 is 0. The largest absolute Gasteiger partial charge is 0.309 e. The predicted molar refractivity (Wildman–Crippen MR) is 53.4 cm³/mol. The fourth-order valence-corrected chi connectivity index (χ4v) is 1.91. The molecule has 0 aromatic carbocycles. The van der Waals surface area contributed by atoms with Crippen molar-refractivity contribution < 1.29 is 0 Å². The first kappa shape index (κ1) is 8.70. The predicted octanol–water partition coefficient (Wildman–Crippen LogP) is 2.14. The molecule has 1 aromatic heterocycles. The van der Waals surface area contributed by atoms with Crippen molar-refractivity contribution in [3.8, 4) is 0 Å². The molecular weight excluding hydrogens is 160 g/mol. The van der Waals surface area contributed by atoms with Gasteiger partial charge in [-0.15, -0.1) is 0 Å². The van der Waals surface area contributed by atoms with E-state index >= 15 is 0 Å². The minimum absolute atomic E-state index is 0.431. The van der Waals surface area contributed by atoms with Crippen molar-refractivity contribution in [3.05, 3.63) is 30.1 Å². The summed E-state index contributed by atoms with van der Waals surface area (Å²) in [6.45, 7) is 5.71. The Morgan fingerprint density at radius 3 is 2.92 bits per heavy atom. The van der Waals surface area contributed by atoms with E-state index in [0.717, 1.165) is 6.54 Å².